The number of alkyl halides is 3. The number of carbonyl (C=O) groups excluding carboxylic acids is 1. The van der Waals surface area contributed by atoms with E-state index in [0.717, 1.165) is 6.07 Å². The zero-order chi connectivity index (χ0) is 16.3. The van der Waals surface area contributed by atoms with E-state index in [-0.39, 0.29) is 30.9 Å². The van der Waals surface area contributed by atoms with Gasteiger partial charge in [-0.25, -0.2) is 0 Å². The van der Waals surface area contributed by atoms with E-state index >= 15 is 0 Å². The minimum Gasteiger partial charge on any atom is -0.392 e. The van der Waals surface area contributed by atoms with Crippen LogP contribution in [-0.2, 0) is 11.0 Å². The van der Waals surface area contributed by atoms with E-state index in [1.165, 1.54) is 19.2 Å². The average Bonchev–Trinajstić information content (AvgIpc) is 2.84. The summed E-state index contributed by atoms with van der Waals surface area (Å²) in [6.45, 7) is 0.585. The molecule has 0 aliphatic carbocycles. The van der Waals surface area contributed by atoms with Crippen molar-refractivity contribution in [3.8, 4) is 0 Å². The summed E-state index contributed by atoms with van der Waals surface area (Å²) in [6.07, 6.45) is -4.69. The predicted octanol–water partition coefficient (Wildman–Crippen LogP) is 1.95. The first-order valence-electron chi connectivity index (χ1n) is 7.11. The summed E-state index contributed by atoms with van der Waals surface area (Å²) in [4.78, 5) is 13.1. The smallest absolute Gasteiger partial charge is 0.392 e. The Morgan fingerprint density at radius 1 is 1.41 bits per heavy atom. The maximum Gasteiger partial charge on any atom is 0.416 e. The predicted molar refractivity (Wildman–Crippen MR) is 75.1 cm³/mol. The van der Waals surface area contributed by atoms with Gasteiger partial charge in [0.05, 0.1) is 11.7 Å². The number of nitrogens with one attached hydrogen (secondary N) is 1. The van der Waals surface area contributed by atoms with E-state index in [4.69, 9.17) is 0 Å². The second kappa shape index (κ2) is 6.66. The Kier molecular flexibility index (Phi) is 5.08. The lowest BCUT2D eigenvalue weighted by atomic mass is 9.97. The second-order valence-electron chi connectivity index (χ2n) is 5.41. The molecule has 0 saturated carbocycles. The highest BCUT2D eigenvalue weighted by atomic mass is 19.4. The van der Waals surface area contributed by atoms with Crippen LogP contribution in [0.1, 0.15) is 30.0 Å². The molecule has 1 aromatic carbocycles. The molecule has 1 aromatic rings. The number of benzene rings is 1. The Labute approximate surface area is 126 Å². The Morgan fingerprint density at radius 2 is 2.09 bits per heavy atom. The quantitative estimate of drug-likeness (QED) is 0.893. The number of nitrogens with zero attached hydrogens (tertiary/aromatic N) is 1. The molecular weight excluding hydrogens is 297 g/mol. The molecule has 2 rings (SSSR count). The summed E-state index contributed by atoms with van der Waals surface area (Å²) in [5, 5.41) is 12.3. The normalized spacial score (nSPS) is 22.8. The molecule has 7 heteroatoms. The molecule has 1 aliphatic rings. The molecule has 1 heterocycles. The van der Waals surface area contributed by atoms with Crippen LogP contribution in [-0.4, -0.2) is 42.2 Å². The van der Waals surface area contributed by atoms with Gasteiger partial charge in [-0.1, -0.05) is 18.2 Å². The van der Waals surface area contributed by atoms with Crippen molar-refractivity contribution in [2.24, 2.45) is 0 Å². The van der Waals surface area contributed by atoms with Gasteiger partial charge in [0.2, 0.25) is 5.91 Å². The standard InChI is InChI=1S/C15H19F3N2O2/c1-19-14(22)6-7-20-9-10(21)8-13(20)11-4-2-3-5-12(11)15(16,17)18/h2-5,10,13,21H,6-9H2,1H3,(H,19,22). The average molecular weight is 316 g/mol. The second-order valence-corrected chi connectivity index (χ2v) is 5.41. The SMILES string of the molecule is CNC(=O)CCN1CC(O)CC1c1ccccc1C(F)(F)F. The highest BCUT2D eigenvalue weighted by molar-refractivity contribution is 5.75. The number of carbonyl (C=O) groups is 1. The van der Waals surface area contributed by atoms with Crippen molar-refractivity contribution in [2.75, 3.05) is 20.1 Å². The van der Waals surface area contributed by atoms with Crippen molar-refractivity contribution in [3.05, 3.63) is 35.4 Å². The molecule has 1 fully saturated rings. The van der Waals surface area contributed by atoms with Gasteiger partial charge in [-0.3, -0.25) is 9.69 Å². The largest absolute Gasteiger partial charge is 0.416 e. The van der Waals surface area contributed by atoms with Gasteiger partial charge in [-0.05, 0) is 18.1 Å². The van der Waals surface area contributed by atoms with Crippen molar-refractivity contribution >= 4 is 5.91 Å². The van der Waals surface area contributed by atoms with Crippen molar-refractivity contribution < 1.29 is 23.1 Å². The van der Waals surface area contributed by atoms with Gasteiger partial charge < -0.3 is 10.4 Å². The van der Waals surface area contributed by atoms with Crippen molar-refractivity contribution in [2.45, 2.75) is 31.2 Å². The van der Waals surface area contributed by atoms with Crippen LogP contribution in [0, 0.1) is 0 Å². The van der Waals surface area contributed by atoms with Gasteiger partial charge in [0.25, 0.3) is 0 Å². The number of β-amino-alcohol motifs (C(OH)–C–C–N with tert-alkyl or cyclic N) is 1. The Balaban J connectivity index is 2.24. The fourth-order valence-electron chi connectivity index (χ4n) is 2.87. The third-order valence-electron chi connectivity index (χ3n) is 3.91. The molecule has 0 spiro atoms. The molecular formula is C15H19F3N2O2. The topological polar surface area (TPSA) is 52.6 Å². The summed E-state index contributed by atoms with van der Waals surface area (Å²) in [5.41, 5.74) is -0.525. The van der Waals surface area contributed by atoms with E-state index in [2.05, 4.69) is 5.32 Å². The van der Waals surface area contributed by atoms with E-state index in [1.807, 2.05) is 0 Å². The molecule has 1 saturated heterocycles. The van der Waals surface area contributed by atoms with Crippen LogP contribution in [0.2, 0.25) is 0 Å². The van der Waals surface area contributed by atoms with Gasteiger partial charge in [-0.2, -0.15) is 13.2 Å². The monoisotopic (exact) mass is 316 g/mol. The highest BCUT2D eigenvalue weighted by Crippen LogP contribution is 2.40. The number of aliphatic hydroxyl groups is 1. The van der Waals surface area contributed by atoms with Crippen LogP contribution in [0.4, 0.5) is 13.2 Å². The van der Waals surface area contributed by atoms with E-state index in [0.29, 0.717) is 6.54 Å². The lowest BCUT2D eigenvalue weighted by molar-refractivity contribution is -0.138. The lowest BCUT2D eigenvalue weighted by Crippen LogP contribution is -2.31. The van der Waals surface area contributed by atoms with Crippen LogP contribution in [0.5, 0.6) is 0 Å². The van der Waals surface area contributed by atoms with Gasteiger partial charge in [0, 0.05) is 32.6 Å². The van der Waals surface area contributed by atoms with Crippen LogP contribution in [0.25, 0.3) is 0 Å². The molecule has 2 unspecified atom stereocenters. The maximum absolute atomic E-state index is 13.1. The first-order valence-corrected chi connectivity index (χ1v) is 7.11. The molecule has 1 amide bonds. The summed E-state index contributed by atoms with van der Waals surface area (Å²) >= 11 is 0. The molecule has 1 aliphatic heterocycles. The fourth-order valence-corrected chi connectivity index (χ4v) is 2.87. The third-order valence-corrected chi connectivity index (χ3v) is 3.91. The zero-order valence-corrected chi connectivity index (χ0v) is 12.2. The van der Waals surface area contributed by atoms with Crippen LogP contribution >= 0.6 is 0 Å². The van der Waals surface area contributed by atoms with Gasteiger partial charge in [0.15, 0.2) is 0 Å². The van der Waals surface area contributed by atoms with Crippen molar-refractivity contribution in [1.82, 2.24) is 10.2 Å². The molecule has 0 radical (unpaired) electrons. The Hall–Kier alpha value is -1.60. The summed E-state index contributed by atoms with van der Waals surface area (Å²) in [5.74, 6) is -0.177. The molecule has 22 heavy (non-hydrogen) atoms. The molecule has 2 N–H and O–H groups in total. The van der Waals surface area contributed by atoms with Gasteiger partial charge >= 0.3 is 6.18 Å². The number of rotatable bonds is 4. The third kappa shape index (κ3) is 3.78. The zero-order valence-electron chi connectivity index (χ0n) is 12.2. The van der Waals surface area contributed by atoms with Crippen LogP contribution in [0.3, 0.4) is 0 Å². The summed E-state index contributed by atoms with van der Waals surface area (Å²) in [7, 11) is 1.51. The first-order chi connectivity index (χ1) is 10.3. The molecule has 122 valence electrons. The van der Waals surface area contributed by atoms with Crippen LogP contribution < -0.4 is 5.32 Å². The molecule has 0 bridgehead atoms. The summed E-state index contributed by atoms with van der Waals surface area (Å²) in [6, 6.07) is 4.88. The number of amides is 1. The van der Waals surface area contributed by atoms with Gasteiger partial charge in [-0.15, -0.1) is 0 Å². The first kappa shape index (κ1) is 16.8. The molecule has 2 atom stereocenters. The highest BCUT2D eigenvalue weighted by Gasteiger charge is 2.39. The number of hydrogen-bond acceptors (Lipinski definition) is 3. The Morgan fingerprint density at radius 3 is 2.73 bits per heavy atom. The van der Waals surface area contributed by atoms with E-state index < -0.39 is 23.9 Å². The summed E-state index contributed by atoms with van der Waals surface area (Å²) < 4.78 is 39.4. The lowest BCUT2D eigenvalue weighted by Gasteiger charge is -2.26. The van der Waals surface area contributed by atoms with Crippen molar-refractivity contribution in [3.63, 3.8) is 0 Å². The fraction of sp³-hybridized carbons (Fsp3) is 0.533. The van der Waals surface area contributed by atoms with Gasteiger partial charge in [0.1, 0.15) is 0 Å². The van der Waals surface area contributed by atoms with E-state index in [9.17, 15) is 23.1 Å². The number of likely N-dealkylation sites (tertiary alicyclic amines) is 1. The number of hydrogen-bond donors (Lipinski definition) is 2. The molecule has 0 aromatic heterocycles. The number of aliphatic hydroxyl groups excluding tert-OH is 1. The number of halogens is 3. The minimum atomic E-state index is -4.43. The Bertz CT molecular complexity index is 534. The van der Waals surface area contributed by atoms with Crippen molar-refractivity contribution in [1.29, 1.82) is 0 Å². The minimum absolute atomic E-state index is 0.156. The van der Waals surface area contributed by atoms with E-state index in [1.54, 1.807) is 11.0 Å². The maximum atomic E-state index is 13.1. The molecule has 4 nitrogen and oxygen atoms in total. The van der Waals surface area contributed by atoms with Crippen LogP contribution in [0.15, 0.2) is 24.3 Å².